The van der Waals surface area contributed by atoms with Crippen molar-refractivity contribution in [2.75, 3.05) is 23.3 Å². The van der Waals surface area contributed by atoms with Crippen molar-refractivity contribution in [2.24, 2.45) is 0 Å². The van der Waals surface area contributed by atoms with Crippen molar-refractivity contribution >= 4 is 33.1 Å². The van der Waals surface area contributed by atoms with E-state index < -0.39 is 0 Å². The average molecular weight is 301 g/mol. The molecule has 110 valence electrons. The van der Waals surface area contributed by atoms with E-state index in [1.807, 2.05) is 24.5 Å². The number of hydrogen-bond acceptors (Lipinski definition) is 5. The molecule has 0 aliphatic rings. The first-order chi connectivity index (χ1) is 10.3. The van der Waals surface area contributed by atoms with Crippen LogP contribution >= 0.6 is 11.3 Å². The first kappa shape index (κ1) is 13.9. The molecule has 0 fully saturated rings. The number of nitrogens with zero attached hydrogens (tertiary/aromatic N) is 3. The van der Waals surface area contributed by atoms with Crippen LogP contribution in [0.2, 0.25) is 0 Å². The monoisotopic (exact) mass is 301 g/mol. The van der Waals surface area contributed by atoms with Crippen molar-refractivity contribution in [1.82, 2.24) is 15.2 Å². The molecule has 0 unspecified atom stereocenters. The lowest BCUT2D eigenvalue weighted by molar-refractivity contribution is 0.860. The molecule has 3 rings (SSSR count). The lowest BCUT2D eigenvalue weighted by atomic mass is 10.2. The Bertz CT molecular complexity index is 714. The van der Waals surface area contributed by atoms with E-state index in [0.717, 1.165) is 41.4 Å². The van der Waals surface area contributed by atoms with Crippen molar-refractivity contribution in [3.63, 3.8) is 0 Å². The van der Waals surface area contributed by atoms with Crippen LogP contribution in [-0.4, -0.2) is 28.3 Å². The second-order valence-corrected chi connectivity index (χ2v) is 5.87. The summed E-state index contributed by atoms with van der Waals surface area (Å²) in [6.07, 6.45) is 3.81. The van der Waals surface area contributed by atoms with Crippen LogP contribution in [0.3, 0.4) is 0 Å². The molecule has 0 aliphatic heterocycles. The first-order valence-corrected chi connectivity index (χ1v) is 7.99. The fraction of sp³-hybridized carbons (Fsp3) is 0.333. The van der Waals surface area contributed by atoms with E-state index in [9.17, 15) is 0 Å². The number of H-pyrrole nitrogens is 1. The Hall–Kier alpha value is -2.08. The summed E-state index contributed by atoms with van der Waals surface area (Å²) in [5, 5.41) is 12.8. The third kappa shape index (κ3) is 2.85. The SMILES string of the molecule is CCN(CC)c1ncc(CNc2cccc3[nH]ncc23)s1. The van der Waals surface area contributed by atoms with Gasteiger partial charge in [0.25, 0.3) is 0 Å². The predicted octanol–water partition coefficient (Wildman–Crippen LogP) is 3.48. The molecule has 0 amide bonds. The number of fused-ring (bicyclic) bond motifs is 1. The Labute approximate surface area is 128 Å². The van der Waals surface area contributed by atoms with Gasteiger partial charge in [-0.2, -0.15) is 5.10 Å². The van der Waals surface area contributed by atoms with Gasteiger partial charge in [-0.25, -0.2) is 4.98 Å². The molecule has 6 heteroatoms. The molecule has 2 N–H and O–H groups in total. The fourth-order valence-electron chi connectivity index (χ4n) is 2.32. The average Bonchev–Trinajstić information content (AvgIpc) is 3.15. The van der Waals surface area contributed by atoms with E-state index in [2.05, 4.69) is 45.3 Å². The number of thiazole rings is 1. The normalized spacial score (nSPS) is 11.0. The van der Waals surface area contributed by atoms with Gasteiger partial charge in [0.2, 0.25) is 0 Å². The molecule has 2 heterocycles. The first-order valence-electron chi connectivity index (χ1n) is 7.17. The minimum absolute atomic E-state index is 0.781. The maximum atomic E-state index is 4.51. The van der Waals surface area contributed by atoms with Crippen LogP contribution in [0.15, 0.2) is 30.6 Å². The van der Waals surface area contributed by atoms with Crippen LogP contribution in [-0.2, 0) is 6.54 Å². The smallest absolute Gasteiger partial charge is 0.185 e. The minimum atomic E-state index is 0.781. The molecule has 2 aromatic heterocycles. The second kappa shape index (κ2) is 6.13. The summed E-state index contributed by atoms with van der Waals surface area (Å²) in [4.78, 5) is 8.01. The number of benzene rings is 1. The molecule has 0 bridgehead atoms. The molecule has 0 saturated carbocycles. The summed E-state index contributed by atoms with van der Waals surface area (Å²) >= 11 is 1.75. The van der Waals surface area contributed by atoms with Gasteiger partial charge in [-0.3, -0.25) is 5.10 Å². The van der Waals surface area contributed by atoms with Gasteiger partial charge < -0.3 is 10.2 Å². The number of aromatic nitrogens is 3. The van der Waals surface area contributed by atoms with Gasteiger partial charge in [0.15, 0.2) is 5.13 Å². The Kier molecular flexibility index (Phi) is 4.06. The zero-order valence-electron chi connectivity index (χ0n) is 12.3. The number of anilines is 2. The Balaban J connectivity index is 1.72. The van der Waals surface area contributed by atoms with E-state index in [1.54, 1.807) is 11.3 Å². The maximum Gasteiger partial charge on any atom is 0.185 e. The van der Waals surface area contributed by atoms with Crippen LogP contribution in [0.25, 0.3) is 10.9 Å². The van der Waals surface area contributed by atoms with Gasteiger partial charge in [0.05, 0.1) is 18.3 Å². The van der Waals surface area contributed by atoms with E-state index in [0.29, 0.717) is 0 Å². The summed E-state index contributed by atoms with van der Waals surface area (Å²) in [6, 6.07) is 6.12. The molecule has 1 aromatic carbocycles. The van der Waals surface area contributed by atoms with Crippen molar-refractivity contribution in [3.05, 3.63) is 35.5 Å². The summed E-state index contributed by atoms with van der Waals surface area (Å²) in [5.74, 6) is 0. The van der Waals surface area contributed by atoms with Gasteiger partial charge in [-0.1, -0.05) is 6.07 Å². The van der Waals surface area contributed by atoms with E-state index >= 15 is 0 Å². The number of nitrogens with one attached hydrogen (secondary N) is 2. The lowest BCUT2D eigenvalue weighted by Gasteiger charge is -2.16. The molecule has 0 spiro atoms. The van der Waals surface area contributed by atoms with Crippen LogP contribution < -0.4 is 10.2 Å². The molecular weight excluding hydrogens is 282 g/mol. The standard InChI is InChI=1S/C15H19N5S/c1-3-20(4-2)15-17-9-11(21-15)8-16-13-6-5-7-14-12(13)10-18-19-14/h5-7,9-10,16H,3-4,8H2,1-2H3,(H,18,19). The zero-order valence-corrected chi connectivity index (χ0v) is 13.1. The quantitative estimate of drug-likeness (QED) is 0.732. The van der Waals surface area contributed by atoms with Gasteiger partial charge in [0, 0.05) is 35.2 Å². The Morgan fingerprint density at radius 3 is 2.90 bits per heavy atom. The van der Waals surface area contributed by atoms with Crippen molar-refractivity contribution < 1.29 is 0 Å². The number of rotatable bonds is 6. The molecule has 21 heavy (non-hydrogen) atoms. The highest BCUT2D eigenvalue weighted by Gasteiger charge is 2.08. The topological polar surface area (TPSA) is 56.8 Å². The van der Waals surface area contributed by atoms with Crippen LogP contribution in [0.4, 0.5) is 10.8 Å². The highest BCUT2D eigenvalue weighted by molar-refractivity contribution is 7.15. The highest BCUT2D eigenvalue weighted by Crippen LogP contribution is 2.25. The number of hydrogen-bond donors (Lipinski definition) is 2. The molecular formula is C15H19N5S. The van der Waals surface area contributed by atoms with Gasteiger partial charge in [-0.15, -0.1) is 11.3 Å². The summed E-state index contributed by atoms with van der Waals surface area (Å²) < 4.78 is 0. The fourth-order valence-corrected chi connectivity index (χ4v) is 3.30. The number of aromatic amines is 1. The van der Waals surface area contributed by atoms with Crippen molar-refractivity contribution in [1.29, 1.82) is 0 Å². The van der Waals surface area contributed by atoms with Crippen molar-refractivity contribution in [3.8, 4) is 0 Å². The molecule has 0 aliphatic carbocycles. The zero-order chi connectivity index (χ0) is 14.7. The van der Waals surface area contributed by atoms with Gasteiger partial charge >= 0.3 is 0 Å². The summed E-state index contributed by atoms with van der Waals surface area (Å²) in [7, 11) is 0. The predicted molar refractivity (Wildman–Crippen MR) is 89.1 cm³/mol. The molecule has 0 saturated heterocycles. The molecule has 0 radical (unpaired) electrons. The van der Waals surface area contributed by atoms with Gasteiger partial charge in [0.1, 0.15) is 0 Å². The summed E-state index contributed by atoms with van der Waals surface area (Å²) in [5.41, 5.74) is 2.15. The molecule has 0 atom stereocenters. The third-order valence-corrected chi connectivity index (χ3v) is 4.57. The minimum Gasteiger partial charge on any atom is -0.379 e. The summed E-state index contributed by atoms with van der Waals surface area (Å²) in [6.45, 7) is 7.07. The molecule has 5 nitrogen and oxygen atoms in total. The van der Waals surface area contributed by atoms with Crippen LogP contribution in [0, 0.1) is 0 Å². The van der Waals surface area contributed by atoms with E-state index in [1.165, 1.54) is 4.88 Å². The molecule has 3 aromatic rings. The largest absolute Gasteiger partial charge is 0.379 e. The highest BCUT2D eigenvalue weighted by atomic mass is 32.1. The van der Waals surface area contributed by atoms with E-state index in [4.69, 9.17) is 0 Å². The second-order valence-electron chi connectivity index (χ2n) is 4.77. The lowest BCUT2D eigenvalue weighted by Crippen LogP contribution is -2.21. The van der Waals surface area contributed by atoms with Crippen LogP contribution in [0.1, 0.15) is 18.7 Å². The van der Waals surface area contributed by atoms with Crippen LogP contribution in [0.5, 0.6) is 0 Å². The van der Waals surface area contributed by atoms with Gasteiger partial charge in [-0.05, 0) is 26.0 Å². The van der Waals surface area contributed by atoms with Crippen molar-refractivity contribution in [2.45, 2.75) is 20.4 Å². The van der Waals surface area contributed by atoms with E-state index in [-0.39, 0.29) is 0 Å². The Morgan fingerprint density at radius 1 is 1.24 bits per heavy atom. The Morgan fingerprint density at radius 2 is 2.10 bits per heavy atom. The third-order valence-electron chi connectivity index (χ3n) is 3.51. The maximum absolute atomic E-state index is 4.51.